The monoisotopic (exact) mass is 448 g/mol. The van der Waals surface area contributed by atoms with Gasteiger partial charge in [0.2, 0.25) is 11.8 Å². The summed E-state index contributed by atoms with van der Waals surface area (Å²) in [5.41, 5.74) is 0.149. The number of benzene rings is 1. The molecule has 1 aromatic rings. The zero-order valence-electron chi connectivity index (χ0n) is 21.8. The van der Waals surface area contributed by atoms with E-state index in [0.29, 0.717) is 19.3 Å². The van der Waals surface area contributed by atoms with Crippen LogP contribution in [0, 0.1) is 21.4 Å². The lowest BCUT2D eigenvalue weighted by Crippen LogP contribution is -2.57. The molecule has 6 nitrogen and oxygen atoms in total. The van der Waals surface area contributed by atoms with Crippen LogP contribution in [0.1, 0.15) is 106 Å². The van der Waals surface area contributed by atoms with Crippen molar-refractivity contribution in [3.8, 4) is 0 Å². The van der Waals surface area contributed by atoms with Crippen molar-refractivity contribution in [3.63, 3.8) is 0 Å². The van der Waals surface area contributed by atoms with Crippen LogP contribution in [0.4, 0.5) is 5.69 Å². The fourth-order valence-electron chi connectivity index (χ4n) is 4.19. The van der Waals surface area contributed by atoms with E-state index in [1.807, 2.05) is 48.5 Å². The van der Waals surface area contributed by atoms with Crippen molar-refractivity contribution in [3.05, 3.63) is 39.9 Å². The zero-order valence-corrected chi connectivity index (χ0v) is 21.8. The molecule has 1 heterocycles. The quantitative estimate of drug-likeness (QED) is 0.253. The maximum Gasteiger partial charge on any atom is 0.269 e. The highest BCUT2D eigenvalue weighted by Crippen LogP contribution is 2.43. The summed E-state index contributed by atoms with van der Waals surface area (Å²) in [6.45, 7) is 20.1. The summed E-state index contributed by atoms with van der Waals surface area (Å²) >= 11 is 0. The Morgan fingerprint density at radius 2 is 1.47 bits per heavy atom. The molecule has 1 aliphatic heterocycles. The minimum atomic E-state index is -0.616. The summed E-state index contributed by atoms with van der Waals surface area (Å²) in [6, 6.07) is 6.57. The number of hydrogen-bond acceptors (Lipinski definition) is 4. The largest absolute Gasteiger partial charge is 0.277 e. The van der Waals surface area contributed by atoms with Crippen LogP contribution in [0.15, 0.2) is 24.3 Å². The minimum absolute atomic E-state index is 0.0622. The fraction of sp³-hybridized carbons (Fsp3) is 0.692. The second-order valence-electron chi connectivity index (χ2n) is 9.26. The summed E-state index contributed by atoms with van der Waals surface area (Å²) in [4.78, 5) is 37.8. The lowest BCUT2D eigenvalue weighted by Gasteiger charge is -2.47. The lowest BCUT2D eigenvalue weighted by atomic mass is 9.70. The Bertz CT molecular complexity index is 736. The van der Waals surface area contributed by atoms with Gasteiger partial charge in [-0.2, -0.15) is 0 Å². The molecule has 182 valence electrons. The van der Waals surface area contributed by atoms with Gasteiger partial charge < -0.3 is 0 Å². The second-order valence-corrected chi connectivity index (χ2v) is 9.26. The van der Waals surface area contributed by atoms with Crippen molar-refractivity contribution in [1.82, 2.24) is 4.90 Å². The van der Waals surface area contributed by atoms with Crippen LogP contribution in [-0.4, -0.2) is 27.2 Å². The molecule has 1 aliphatic rings. The fourth-order valence-corrected chi connectivity index (χ4v) is 4.19. The van der Waals surface area contributed by atoms with E-state index in [1.165, 1.54) is 17.0 Å². The van der Waals surface area contributed by atoms with Crippen LogP contribution in [0.5, 0.6) is 0 Å². The Labute approximate surface area is 194 Å². The van der Waals surface area contributed by atoms with Crippen LogP contribution in [0.25, 0.3) is 0 Å². The third-order valence-corrected chi connectivity index (χ3v) is 6.42. The predicted molar refractivity (Wildman–Crippen MR) is 132 cm³/mol. The van der Waals surface area contributed by atoms with E-state index in [-0.39, 0.29) is 34.8 Å². The van der Waals surface area contributed by atoms with E-state index in [2.05, 4.69) is 20.8 Å². The zero-order chi connectivity index (χ0) is 25.3. The van der Waals surface area contributed by atoms with Crippen molar-refractivity contribution < 1.29 is 14.5 Å². The van der Waals surface area contributed by atoms with E-state index < -0.39 is 10.5 Å². The minimum Gasteiger partial charge on any atom is -0.277 e. The van der Waals surface area contributed by atoms with Gasteiger partial charge in [-0.1, -0.05) is 67.5 Å². The summed E-state index contributed by atoms with van der Waals surface area (Å²) in [5, 5.41) is 10.9. The molecule has 32 heavy (non-hydrogen) atoms. The normalized spacial score (nSPS) is 16.5. The Morgan fingerprint density at radius 3 is 1.81 bits per heavy atom. The number of likely N-dealkylation sites (tertiary alicyclic amines) is 1. The molecule has 0 aliphatic carbocycles. The molecule has 1 saturated heterocycles. The predicted octanol–water partition coefficient (Wildman–Crippen LogP) is 7.12. The molecule has 1 atom stereocenters. The average Bonchev–Trinajstić information content (AvgIpc) is 2.74. The highest BCUT2D eigenvalue weighted by Gasteiger charge is 2.47. The van der Waals surface area contributed by atoms with E-state index in [0.717, 1.165) is 12.0 Å². The van der Waals surface area contributed by atoms with Crippen LogP contribution in [-0.2, 0) is 9.59 Å². The Balaban J connectivity index is 0.00000227. The molecule has 1 aromatic carbocycles. The number of amides is 2. The van der Waals surface area contributed by atoms with E-state index in [1.54, 1.807) is 12.1 Å². The SMILES string of the molecule is CC.CC.CCC(CC(C)(C)N1C(=O)CC(C)(C(C)C)CC1=O)c1ccc([N+](=O)[O-])cc1. The highest BCUT2D eigenvalue weighted by atomic mass is 16.6. The first-order valence-electron chi connectivity index (χ1n) is 12.0. The highest BCUT2D eigenvalue weighted by molar-refractivity contribution is 5.99. The molecule has 2 rings (SSSR count). The van der Waals surface area contributed by atoms with E-state index in [4.69, 9.17) is 0 Å². The van der Waals surface area contributed by atoms with Gasteiger partial charge >= 0.3 is 0 Å². The van der Waals surface area contributed by atoms with Crippen LogP contribution in [0.3, 0.4) is 0 Å². The van der Waals surface area contributed by atoms with Gasteiger partial charge in [0, 0.05) is 30.5 Å². The van der Waals surface area contributed by atoms with Crippen molar-refractivity contribution in [1.29, 1.82) is 0 Å². The number of rotatable bonds is 7. The molecule has 1 unspecified atom stereocenters. The maximum absolute atomic E-state index is 12.9. The number of carbonyl (C=O) groups is 2. The number of nitro benzene ring substituents is 1. The van der Waals surface area contributed by atoms with Crippen molar-refractivity contribution in [2.45, 2.75) is 106 Å². The van der Waals surface area contributed by atoms with Crippen LogP contribution in [0.2, 0.25) is 0 Å². The number of nitro groups is 1. The smallest absolute Gasteiger partial charge is 0.269 e. The molecule has 2 amide bonds. The number of hydrogen-bond donors (Lipinski definition) is 0. The lowest BCUT2D eigenvalue weighted by molar-refractivity contribution is -0.384. The molecule has 0 N–H and O–H groups in total. The topological polar surface area (TPSA) is 80.5 Å². The molecule has 0 spiro atoms. The van der Waals surface area contributed by atoms with Crippen molar-refractivity contribution in [2.24, 2.45) is 11.3 Å². The number of carbonyl (C=O) groups excluding carboxylic acids is 2. The van der Waals surface area contributed by atoms with Gasteiger partial charge in [-0.3, -0.25) is 24.6 Å². The molecular weight excluding hydrogens is 404 g/mol. The molecule has 0 aromatic heterocycles. The summed E-state index contributed by atoms with van der Waals surface area (Å²) in [5.74, 6) is 0.163. The third kappa shape index (κ3) is 7.14. The van der Waals surface area contributed by atoms with Crippen LogP contribution >= 0.6 is 0 Å². The van der Waals surface area contributed by atoms with Gasteiger partial charge in [-0.05, 0) is 49.5 Å². The van der Waals surface area contributed by atoms with Gasteiger partial charge in [0.15, 0.2) is 0 Å². The van der Waals surface area contributed by atoms with E-state index >= 15 is 0 Å². The third-order valence-electron chi connectivity index (χ3n) is 6.42. The first kappa shape index (κ1) is 29.8. The van der Waals surface area contributed by atoms with Crippen LogP contribution < -0.4 is 0 Å². The molecular formula is C26H44N2O4. The number of nitrogens with zero attached hydrogens (tertiary/aromatic N) is 2. The average molecular weight is 449 g/mol. The molecule has 0 saturated carbocycles. The Kier molecular flexibility index (Phi) is 11.8. The molecule has 1 fully saturated rings. The first-order valence-corrected chi connectivity index (χ1v) is 12.0. The molecule has 6 heteroatoms. The first-order chi connectivity index (χ1) is 14.9. The standard InChI is InChI=1S/C22H32N2O4.2C2H6/c1-7-16(17-8-10-18(11-9-17)24(27)28)12-21(4,5)23-19(25)13-22(6,15(2)3)14-20(23)26;2*1-2/h8-11,15-16H,7,12-14H2,1-6H3;2*1-2H3. The van der Waals surface area contributed by atoms with Crippen molar-refractivity contribution >= 4 is 17.5 Å². The summed E-state index contributed by atoms with van der Waals surface area (Å²) < 4.78 is 0. The summed E-state index contributed by atoms with van der Waals surface area (Å²) in [7, 11) is 0. The number of non-ortho nitro benzene ring substituents is 1. The Morgan fingerprint density at radius 1 is 1.03 bits per heavy atom. The summed E-state index contributed by atoms with van der Waals surface area (Å²) in [6.07, 6.45) is 2.21. The number of imide groups is 1. The van der Waals surface area contributed by atoms with Gasteiger partial charge in [0.1, 0.15) is 0 Å². The molecule has 0 radical (unpaired) electrons. The van der Waals surface area contributed by atoms with Crippen molar-refractivity contribution in [2.75, 3.05) is 0 Å². The van der Waals surface area contributed by atoms with Gasteiger partial charge in [-0.25, -0.2) is 0 Å². The second kappa shape index (κ2) is 12.7. The Hall–Kier alpha value is -2.24. The van der Waals surface area contributed by atoms with Gasteiger partial charge in [0.25, 0.3) is 5.69 Å². The maximum atomic E-state index is 12.9. The van der Waals surface area contributed by atoms with Gasteiger partial charge in [-0.15, -0.1) is 0 Å². The molecule has 0 bridgehead atoms. The van der Waals surface area contributed by atoms with E-state index in [9.17, 15) is 19.7 Å². The van der Waals surface area contributed by atoms with Gasteiger partial charge in [0.05, 0.1) is 4.92 Å². The number of piperidine rings is 1.